The lowest BCUT2D eigenvalue weighted by atomic mass is 9.74. The Balaban J connectivity index is 2.13. The average Bonchev–Trinajstić information content (AvgIpc) is 2.76. The molecular weight excluding hydrogens is 328 g/mol. The Hall–Kier alpha value is -1.73. The van der Waals surface area contributed by atoms with Gasteiger partial charge in [-0.15, -0.1) is 12.6 Å². The van der Waals surface area contributed by atoms with E-state index in [-0.39, 0.29) is 23.6 Å². The van der Waals surface area contributed by atoms with Gasteiger partial charge in [-0.2, -0.15) is 0 Å². The number of aliphatic hydroxyl groups is 1. The summed E-state index contributed by atoms with van der Waals surface area (Å²) in [5.41, 5.74) is 2.05. The number of carbonyl (C=O) groups is 2. The molecular formula is C17H22N2O4S. The Morgan fingerprint density at radius 1 is 1.50 bits per heavy atom. The van der Waals surface area contributed by atoms with E-state index >= 15 is 0 Å². The molecule has 4 atom stereocenters. The largest absolute Gasteiger partial charge is 0.477 e. The molecule has 0 aromatic carbocycles. The van der Waals surface area contributed by atoms with Crippen molar-refractivity contribution in [3.8, 4) is 0 Å². The van der Waals surface area contributed by atoms with Crippen molar-refractivity contribution in [2.45, 2.75) is 32.4 Å². The smallest absolute Gasteiger partial charge is 0.353 e. The van der Waals surface area contributed by atoms with E-state index in [1.807, 2.05) is 19.2 Å². The summed E-state index contributed by atoms with van der Waals surface area (Å²) in [4.78, 5) is 27.9. The fourth-order valence-electron chi connectivity index (χ4n) is 4.14. The zero-order valence-electron chi connectivity index (χ0n) is 13.9. The molecule has 0 aromatic rings. The SMILES string of the molecule is CCC1=C(C2C(S)=C(C(=O)O)N3C(=O)[C@@H]([C@@H](C)O)C23)C=CCN1C. The highest BCUT2D eigenvalue weighted by Gasteiger charge is 2.61. The van der Waals surface area contributed by atoms with E-state index in [2.05, 4.69) is 24.5 Å². The summed E-state index contributed by atoms with van der Waals surface area (Å²) in [5, 5.41) is 19.5. The van der Waals surface area contributed by atoms with Crippen LogP contribution in [-0.2, 0) is 9.59 Å². The molecule has 130 valence electrons. The van der Waals surface area contributed by atoms with E-state index in [9.17, 15) is 19.8 Å². The van der Waals surface area contributed by atoms with Crippen LogP contribution in [0.1, 0.15) is 20.3 Å². The molecule has 24 heavy (non-hydrogen) atoms. The van der Waals surface area contributed by atoms with Gasteiger partial charge in [-0.05, 0) is 18.9 Å². The van der Waals surface area contributed by atoms with Crippen molar-refractivity contribution in [2.24, 2.45) is 11.8 Å². The number of likely N-dealkylation sites (N-methyl/N-ethyl adjacent to an activating group) is 1. The van der Waals surface area contributed by atoms with Crippen LogP contribution in [-0.4, -0.2) is 57.6 Å². The molecule has 6 nitrogen and oxygen atoms in total. The Labute approximate surface area is 146 Å². The molecule has 0 saturated carbocycles. The molecule has 3 aliphatic rings. The topological polar surface area (TPSA) is 81.1 Å². The summed E-state index contributed by atoms with van der Waals surface area (Å²) >= 11 is 4.49. The number of rotatable bonds is 4. The third-order valence-electron chi connectivity index (χ3n) is 5.17. The van der Waals surface area contributed by atoms with Gasteiger partial charge in [0.2, 0.25) is 5.91 Å². The normalized spacial score (nSPS) is 30.7. The number of hydrogen-bond acceptors (Lipinski definition) is 5. The summed E-state index contributed by atoms with van der Waals surface area (Å²) in [6.45, 7) is 4.42. The highest BCUT2D eigenvalue weighted by atomic mass is 32.1. The van der Waals surface area contributed by atoms with E-state index in [0.29, 0.717) is 4.91 Å². The number of β-lactam (4-membered cyclic amide) rings is 1. The zero-order valence-corrected chi connectivity index (χ0v) is 14.8. The molecule has 0 radical (unpaired) electrons. The first-order valence-electron chi connectivity index (χ1n) is 8.09. The van der Waals surface area contributed by atoms with Crippen molar-refractivity contribution < 1.29 is 19.8 Å². The molecule has 3 rings (SSSR count). The van der Waals surface area contributed by atoms with Crippen molar-refractivity contribution >= 4 is 24.5 Å². The van der Waals surface area contributed by atoms with Crippen molar-refractivity contribution in [1.82, 2.24) is 9.80 Å². The van der Waals surface area contributed by atoms with Gasteiger partial charge in [-0.3, -0.25) is 4.79 Å². The van der Waals surface area contributed by atoms with E-state index in [1.54, 1.807) is 6.92 Å². The Bertz CT molecular complexity index is 695. The molecule has 0 aliphatic carbocycles. The monoisotopic (exact) mass is 350 g/mol. The maximum atomic E-state index is 12.4. The summed E-state index contributed by atoms with van der Waals surface area (Å²) in [5.74, 6) is -2.41. The maximum absolute atomic E-state index is 12.4. The lowest BCUT2D eigenvalue weighted by Gasteiger charge is -2.47. The number of allylic oxidation sites excluding steroid dienone is 2. The fourth-order valence-corrected chi connectivity index (χ4v) is 4.63. The third kappa shape index (κ3) is 2.22. The summed E-state index contributed by atoms with van der Waals surface area (Å²) in [6, 6.07) is -0.385. The maximum Gasteiger partial charge on any atom is 0.353 e. The van der Waals surface area contributed by atoms with Crippen LogP contribution in [0.4, 0.5) is 0 Å². The van der Waals surface area contributed by atoms with Crippen LogP contribution in [0, 0.1) is 11.8 Å². The molecule has 7 heteroatoms. The molecule has 0 spiro atoms. The van der Waals surface area contributed by atoms with Crippen LogP contribution >= 0.6 is 12.6 Å². The number of thiol groups is 1. The van der Waals surface area contributed by atoms with Gasteiger partial charge in [0, 0.05) is 30.1 Å². The van der Waals surface area contributed by atoms with Crippen molar-refractivity contribution in [1.29, 1.82) is 0 Å². The van der Waals surface area contributed by atoms with Gasteiger partial charge in [0.25, 0.3) is 0 Å². The minimum atomic E-state index is -1.16. The van der Waals surface area contributed by atoms with Gasteiger partial charge in [-0.25, -0.2) is 4.79 Å². The Kier molecular flexibility index (Phi) is 4.25. The highest BCUT2D eigenvalue weighted by molar-refractivity contribution is 7.84. The quantitative estimate of drug-likeness (QED) is 0.525. The second kappa shape index (κ2) is 5.97. The first kappa shape index (κ1) is 17.1. The van der Waals surface area contributed by atoms with E-state index < -0.39 is 18.0 Å². The molecule has 1 fully saturated rings. The molecule has 0 aromatic heterocycles. The van der Waals surface area contributed by atoms with Crippen LogP contribution in [0.3, 0.4) is 0 Å². The number of hydrogen-bond donors (Lipinski definition) is 3. The number of carbonyl (C=O) groups excluding carboxylic acids is 1. The molecule has 2 N–H and O–H groups in total. The minimum Gasteiger partial charge on any atom is -0.477 e. The number of aliphatic carboxylic acids is 1. The first-order chi connectivity index (χ1) is 11.3. The van der Waals surface area contributed by atoms with Gasteiger partial charge in [0.15, 0.2) is 0 Å². The molecule has 0 bridgehead atoms. The lowest BCUT2D eigenvalue weighted by molar-refractivity contribution is -0.162. The van der Waals surface area contributed by atoms with Gasteiger partial charge in [-0.1, -0.05) is 19.1 Å². The van der Waals surface area contributed by atoms with E-state index in [4.69, 9.17) is 0 Å². The van der Waals surface area contributed by atoms with Gasteiger partial charge >= 0.3 is 5.97 Å². The number of carboxylic acid groups (broad SMARTS) is 1. The Morgan fingerprint density at radius 3 is 2.71 bits per heavy atom. The van der Waals surface area contributed by atoms with Crippen molar-refractivity contribution in [2.75, 3.05) is 13.6 Å². The molecule has 1 saturated heterocycles. The second-order valence-corrected chi connectivity index (χ2v) is 7.00. The predicted molar refractivity (Wildman–Crippen MR) is 92.0 cm³/mol. The zero-order chi connectivity index (χ0) is 17.8. The van der Waals surface area contributed by atoms with Crippen molar-refractivity contribution in [3.05, 3.63) is 34.0 Å². The van der Waals surface area contributed by atoms with Crippen LogP contribution in [0.15, 0.2) is 34.0 Å². The number of aliphatic hydroxyl groups excluding tert-OH is 1. The molecule has 3 heterocycles. The third-order valence-corrected chi connectivity index (χ3v) is 5.66. The summed E-state index contributed by atoms with van der Waals surface area (Å²) < 4.78 is 0. The van der Waals surface area contributed by atoms with Gasteiger partial charge in [0.05, 0.1) is 18.1 Å². The molecule has 1 amide bonds. The van der Waals surface area contributed by atoms with Crippen LogP contribution in [0.25, 0.3) is 0 Å². The highest BCUT2D eigenvalue weighted by Crippen LogP contribution is 2.52. The van der Waals surface area contributed by atoms with E-state index in [1.165, 1.54) is 4.90 Å². The molecule has 2 unspecified atom stereocenters. The van der Waals surface area contributed by atoms with Crippen LogP contribution in [0.2, 0.25) is 0 Å². The minimum absolute atomic E-state index is 0.0557. The van der Waals surface area contributed by atoms with Crippen LogP contribution in [0.5, 0.6) is 0 Å². The number of nitrogens with zero attached hydrogens (tertiary/aromatic N) is 2. The summed E-state index contributed by atoms with van der Waals surface area (Å²) in [6.07, 6.45) is 4.00. The second-order valence-electron chi connectivity index (χ2n) is 6.52. The average molecular weight is 350 g/mol. The first-order valence-corrected chi connectivity index (χ1v) is 8.54. The van der Waals surface area contributed by atoms with Crippen molar-refractivity contribution in [3.63, 3.8) is 0 Å². The number of fused-ring (bicyclic) bond motifs is 1. The Morgan fingerprint density at radius 2 is 2.17 bits per heavy atom. The van der Waals surface area contributed by atoms with Crippen LogP contribution < -0.4 is 0 Å². The predicted octanol–water partition coefficient (Wildman–Crippen LogP) is 1.22. The summed E-state index contributed by atoms with van der Waals surface area (Å²) in [7, 11) is 1.99. The number of amides is 1. The fraction of sp³-hybridized carbons (Fsp3) is 0.529. The standard InChI is InChI=1S/C17H22N2O4S/c1-4-10-9(6-5-7-18(10)3)12-13-11(8(2)20)16(21)19(13)14(15(12)24)17(22)23/h5-6,8,11-13,20,24H,4,7H2,1-3H3,(H,22,23)/t8-,11+,12?,13?/m1/s1. The molecule has 3 aliphatic heterocycles. The van der Waals surface area contributed by atoms with E-state index in [0.717, 1.165) is 24.2 Å². The number of carboxylic acids is 1. The lowest BCUT2D eigenvalue weighted by Crippen LogP contribution is -2.64. The van der Waals surface area contributed by atoms with Gasteiger partial charge < -0.3 is 20.0 Å². The van der Waals surface area contributed by atoms with Gasteiger partial charge in [0.1, 0.15) is 5.70 Å².